The van der Waals surface area contributed by atoms with Gasteiger partial charge in [0, 0.05) is 4.32 Å². The molecule has 11 heavy (non-hydrogen) atoms. The molecule has 2 aliphatic carbocycles. The molecule has 0 saturated heterocycles. The number of alkyl halides is 1. The predicted octanol–water partition coefficient (Wildman–Crippen LogP) is 3.74. The van der Waals surface area contributed by atoms with E-state index in [0.29, 0.717) is 4.32 Å². The van der Waals surface area contributed by atoms with E-state index in [1.54, 1.807) is 0 Å². The molecule has 0 nitrogen and oxygen atoms in total. The summed E-state index contributed by atoms with van der Waals surface area (Å²) in [5, 5.41) is 0. The molecule has 2 fully saturated rings. The van der Waals surface area contributed by atoms with E-state index >= 15 is 0 Å². The Kier molecular flexibility index (Phi) is 2.03. The maximum atomic E-state index is 3.85. The average Bonchev–Trinajstić information content (AvgIpc) is 2.29. The van der Waals surface area contributed by atoms with Crippen molar-refractivity contribution in [3.05, 3.63) is 0 Å². The zero-order valence-corrected chi connectivity index (χ0v) is 8.86. The predicted molar refractivity (Wildman–Crippen MR) is 52.0 cm³/mol. The molecular formula is C10H17Br. The van der Waals surface area contributed by atoms with Crippen molar-refractivity contribution in [2.75, 3.05) is 0 Å². The lowest BCUT2D eigenvalue weighted by Crippen LogP contribution is -1.93. The van der Waals surface area contributed by atoms with Gasteiger partial charge < -0.3 is 0 Å². The summed E-state index contributed by atoms with van der Waals surface area (Å²) >= 11 is 3.85. The number of hydrogen-bond donors (Lipinski definition) is 0. The molecular weight excluding hydrogens is 200 g/mol. The van der Waals surface area contributed by atoms with Gasteiger partial charge in [0.1, 0.15) is 0 Å². The highest BCUT2D eigenvalue weighted by atomic mass is 79.9. The highest BCUT2D eigenvalue weighted by Crippen LogP contribution is 2.61. The molecule has 0 aromatic rings. The Labute approximate surface area is 77.9 Å². The maximum absolute atomic E-state index is 3.85. The molecule has 0 aromatic carbocycles. The lowest BCUT2D eigenvalue weighted by molar-refractivity contribution is 0.485. The van der Waals surface area contributed by atoms with E-state index in [0.717, 1.165) is 11.8 Å². The number of hydrogen-bond acceptors (Lipinski definition) is 0. The van der Waals surface area contributed by atoms with Gasteiger partial charge in [-0.3, -0.25) is 0 Å². The van der Waals surface area contributed by atoms with E-state index in [1.807, 2.05) is 0 Å². The van der Waals surface area contributed by atoms with Crippen LogP contribution >= 0.6 is 15.9 Å². The zero-order chi connectivity index (χ0) is 7.90. The van der Waals surface area contributed by atoms with E-state index in [-0.39, 0.29) is 0 Å². The van der Waals surface area contributed by atoms with Crippen LogP contribution in [0.2, 0.25) is 0 Å². The van der Waals surface area contributed by atoms with Gasteiger partial charge in [0.05, 0.1) is 0 Å². The van der Waals surface area contributed by atoms with Gasteiger partial charge in [0.25, 0.3) is 0 Å². The molecule has 1 heteroatoms. The van der Waals surface area contributed by atoms with Crippen LogP contribution in [0.5, 0.6) is 0 Å². The first-order chi connectivity index (χ1) is 5.23. The summed E-state index contributed by atoms with van der Waals surface area (Å²) in [6, 6.07) is 0. The summed E-state index contributed by atoms with van der Waals surface area (Å²) in [7, 11) is 0. The van der Waals surface area contributed by atoms with Crippen molar-refractivity contribution in [1.29, 1.82) is 0 Å². The fourth-order valence-corrected chi connectivity index (χ4v) is 3.67. The maximum Gasteiger partial charge on any atom is 0.0292 e. The normalized spacial score (nSPS) is 50.7. The monoisotopic (exact) mass is 216 g/mol. The van der Waals surface area contributed by atoms with Gasteiger partial charge in [0.2, 0.25) is 0 Å². The first-order valence-electron chi connectivity index (χ1n) is 4.92. The quantitative estimate of drug-likeness (QED) is 0.542. The first-order valence-corrected chi connectivity index (χ1v) is 5.71. The Morgan fingerprint density at radius 3 is 1.91 bits per heavy atom. The second-order valence-electron chi connectivity index (χ2n) is 4.36. The average molecular weight is 217 g/mol. The molecule has 2 rings (SSSR count). The first kappa shape index (κ1) is 8.10. The van der Waals surface area contributed by atoms with Crippen LogP contribution in [0.4, 0.5) is 0 Å². The van der Waals surface area contributed by atoms with Crippen molar-refractivity contribution in [2.24, 2.45) is 11.8 Å². The number of rotatable bonds is 0. The zero-order valence-electron chi connectivity index (χ0n) is 7.28. The van der Waals surface area contributed by atoms with Crippen molar-refractivity contribution in [3.63, 3.8) is 0 Å². The summed E-state index contributed by atoms with van der Waals surface area (Å²) < 4.78 is 0.539. The fourth-order valence-electron chi connectivity index (χ4n) is 2.71. The lowest BCUT2D eigenvalue weighted by atomic mass is 10.0. The van der Waals surface area contributed by atoms with Crippen molar-refractivity contribution in [3.8, 4) is 0 Å². The van der Waals surface area contributed by atoms with E-state index in [9.17, 15) is 0 Å². The van der Waals surface area contributed by atoms with Gasteiger partial charge in [-0.15, -0.1) is 0 Å². The van der Waals surface area contributed by atoms with Crippen LogP contribution in [-0.4, -0.2) is 4.32 Å². The Balaban J connectivity index is 1.95. The lowest BCUT2D eigenvalue weighted by Gasteiger charge is -2.04. The summed E-state index contributed by atoms with van der Waals surface area (Å²) in [6.07, 6.45) is 8.86. The van der Waals surface area contributed by atoms with Gasteiger partial charge in [-0.1, -0.05) is 41.6 Å². The smallest absolute Gasteiger partial charge is 0.0292 e. The largest absolute Gasteiger partial charge is 0.0850 e. The van der Waals surface area contributed by atoms with Gasteiger partial charge in [-0.25, -0.2) is 0 Å². The minimum absolute atomic E-state index is 0.539. The summed E-state index contributed by atoms with van der Waals surface area (Å²) in [4.78, 5) is 0. The Bertz CT molecular complexity index is 135. The Morgan fingerprint density at radius 2 is 1.45 bits per heavy atom. The molecule has 0 N–H and O–H groups in total. The van der Waals surface area contributed by atoms with E-state index in [4.69, 9.17) is 0 Å². The van der Waals surface area contributed by atoms with Crippen LogP contribution in [-0.2, 0) is 0 Å². The van der Waals surface area contributed by atoms with Crippen LogP contribution in [0.15, 0.2) is 0 Å². The standard InChI is InChI=1S/C10H17Br/c1-10(11)8-6-4-2-3-5-7-9(8)10/h8-9H,2-7H2,1H3. The van der Waals surface area contributed by atoms with Crippen molar-refractivity contribution >= 4 is 15.9 Å². The second-order valence-corrected chi connectivity index (χ2v) is 6.06. The topological polar surface area (TPSA) is 0 Å². The van der Waals surface area contributed by atoms with Gasteiger partial charge >= 0.3 is 0 Å². The Morgan fingerprint density at radius 1 is 1.00 bits per heavy atom. The van der Waals surface area contributed by atoms with Crippen molar-refractivity contribution < 1.29 is 0 Å². The third-order valence-corrected chi connectivity index (χ3v) is 4.78. The number of halogens is 1. The van der Waals surface area contributed by atoms with Gasteiger partial charge in [-0.05, 0) is 31.6 Å². The molecule has 0 heterocycles. The molecule has 0 spiro atoms. The van der Waals surface area contributed by atoms with Crippen molar-refractivity contribution in [1.82, 2.24) is 0 Å². The molecule has 0 amide bonds. The molecule has 0 aliphatic heterocycles. The number of fused-ring (bicyclic) bond motifs is 1. The molecule has 2 atom stereocenters. The third-order valence-electron chi connectivity index (χ3n) is 3.61. The molecule has 2 unspecified atom stereocenters. The molecule has 0 aromatic heterocycles. The molecule has 2 aliphatic rings. The van der Waals surface area contributed by atoms with Gasteiger partial charge in [-0.2, -0.15) is 0 Å². The summed E-state index contributed by atoms with van der Waals surface area (Å²) in [6.45, 7) is 2.38. The van der Waals surface area contributed by atoms with Crippen LogP contribution in [0.25, 0.3) is 0 Å². The Hall–Kier alpha value is 0.480. The second kappa shape index (κ2) is 2.76. The molecule has 0 radical (unpaired) electrons. The summed E-state index contributed by atoms with van der Waals surface area (Å²) in [5.74, 6) is 2.03. The highest BCUT2D eigenvalue weighted by Gasteiger charge is 2.57. The highest BCUT2D eigenvalue weighted by molar-refractivity contribution is 9.10. The summed E-state index contributed by atoms with van der Waals surface area (Å²) in [5.41, 5.74) is 0. The minimum atomic E-state index is 0.539. The third kappa shape index (κ3) is 1.37. The molecule has 2 saturated carbocycles. The van der Waals surface area contributed by atoms with E-state index in [1.165, 1.54) is 38.5 Å². The van der Waals surface area contributed by atoms with E-state index in [2.05, 4.69) is 22.9 Å². The SMILES string of the molecule is CC1(Br)C2CCCCCCC21. The van der Waals surface area contributed by atoms with Crippen LogP contribution < -0.4 is 0 Å². The van der Waals surface area contributed by atoms with Crippen LogP contribution in [0.1, 0.15) is 45.4 Å². The van der Waals surface area contributed by atoms with Crippen LogP contribution in [0.3, 0.4) is 0 Å². The van der Waals surface area contributed by atoms with Crippen molar-refractivity contribution in [2.45, 2.75) is 49.8 Å². The fraction of sp³-hybridized carbons (Fsp3) is 1.00. The molecule has 0 bridgehead atoms. The molecule has 64 valence electrons. The van der Waals surface area contributed by atoms with E-state index < -0.39 is 0 Å². The van der Waals surface area contributed by atoms with Crippen LogP contribution in [0, 0.1) is 11.8 Å². The minimum Gasteiger partial charge on any atom is -0.0850 e. The van der Waals surface area contributed by atoms with Gasteiger partial charge in [0.15, 0.2) is 0 Å².